The van der Waals surface area contributed by atoms with E-state index in [1.54, 1.807) is 6.07 Å². The molecule has 1 aromatic carbocycles. The van der Waals surface area contributed by atoms with Crippen molar-refractivity contribution in [2.75, 3.05) is 6.61 Å². The Bertz CT molecular complexity index is 328. The molecule has 0 saturated carbocycles. The van der Waals surface area contributed by atoms with Crippen LogP contribution in [0.4, 0.5) is 0 Å². The zero-order valence-electron chi connectivity index (χ0n) is 7.01. The fourth-order valence-corrected chi connectivity index (χ4v) is 1.83. The maximum Gasteiger partial charge on any atom is 0.123 e. The first-order chi connectivity index (χ1) is 6.33. The van der Waals surface area contributed by atoms with Gasteiger partial charge in [0.05, 0.1) is 6.61 Å². The monoisotopic (exact) mass is 199 g/mol. The number of rotatable bonds is 2. The summed E-state index contributed by atoms with van der Waals surface area (Å²) < 4.78 is 5.37. The topological polar surface area (TPSA) is 41.5 Å². The Morgan fingerprint density at radius 3 is 3.15 bits per heavy atom. The van der Waals surface area contributed by atoms with Crippen LogP contribution in [0.5, 0.6) is 5.75 Å². The van der Waals surface area contributed by atoms with Crippen LogP contribution in [0.25, 0.3) is 0 Å². The van der Waals surface area contributed by atoms with Crippen LogP contribution < -0.4 is 10.2 Å². The quantitative estimate of drug-likeness (QED) is 0.714. The summed E-state index contributed by atoms with van der Waals surface area (Å²) in [5, 5.41) is 9.30. The molecule has 0 saturated heterocycles. The van der Waals surface area contributed by atoms with E-state index in [1.807, 2.05) is 6.07 Å². The van der Waals surface area contributed by atoms with Crippen LogP contribution in [-0.4, -0.2) is 11.8 Å². The fraction of sp³-hybridized carbons (Fsp3) is 0.333. The Morgan fingerprint density at radius 1 is 1.54 bits per heavy atom. The van der Waals surface area contributed by atoms with Gasteiger partial charge >= 0.3 is 0 Å². The minimum Gasteiger partial charge on any atom is -0.493 e. The van der Waals surface area contributed by atoms with Crippen LogP contribution in [0.2, 0.25) is 5.02 Å². The highest BCUT2D eigenvalue weighted by Crippen LogP contribution is 2.32. The standard InChI is InChI=1S/C9H10ClNO2/c10-8-1-2-9-6(3-4-13-9)7(8)5-11-12/h1-2,11-12H,3-5H2. The van der Waals surface area contributed by atoms with Crippen LogP contribution in [0, 0.1) is 0 Å². The first-order valence-electron chi connectivity index (χ1n) is 4.13. The van der Waals surface area contributed by atoms with Crippen LogP contribution in [-0.2, 0) is 13.0 Å². The maximum absolute atomic E-state index is 8.63. The van der Waals surface area contributed by atoms with Gasteiger partial charge < -0.3 is 9.94 Å². The van der Waals surface area contributed by atoms with Crippen molar-refractivity contribution in [3.63, 3.8) is 0 Å². The largest absolute Gasteiger partial charge is 0.493 e. The molecule has 0 fully saturated rings. The van der Waals surface area contributed by atoms with Gasteiger partial charge in [0, 0.05) is 23.6 Å². The first kappa shape index (κ1) is 8.81. The molecule has 0 aromatic heterocycles. The Balaban J connectivity index is 2.45. The minimum atomic E-state index is 0.366. The van der Waals surface area contributed by atoms with E-state index in [0.717, 1.165) is 23.3 Å². The van der Waals surface area contributed by atoms with Crippen molar-refractivity contribution < 1.29 is 9.94 Å². The van der Waals surface area contributed by atoms with Gasteiger partial charge in [-0.1, -0.05) is 11.6 Å². The molecule has 2 N–H and O–H groups in total. The van der Waals surface area contributed by atoms with Crippen molar-refractivity contribution in [1.29, 1.82) is 0 Å². The van der Waals surface area contributed by atoms with Gasteiger partial charge in [-0.05, 0) is 17.7 Å². The van der Waals surface area contributed by atoms with Crippen molar-refractivity contribution >= 4 is 11.6 Å². The van der Waals surface area contributed by atoms with Crippen molar-refractivity contribution in [2.45, 2.75) is 13.0 Å². The number of halogens is 1. The van der Waals surface area contributed by atoms with E-state index in [-0.39, 0.29) is 0 Å². The summed E-state index contributed by atoms with van der Waals surface area (Å²) in [6.07, 6.45) is 0.868. The Hall–Kier alpha value is -0.770. The second-order valence-corrected chi connectivity index (χ2v) is 3.34. The second-order valence-electron chi connectivity index (χ2n) is 2.94. The SMILES string of the molecule is ONCc1c(Cl)ccc2c1CCO2. The summed E-state index contributed by atoms with van der Waals surface area (Å²) in [4.78, 5) is 0. The number of ether oxygens (including phenoxy) is 1. The lowest BCUT2D eigenvalue weighted by Gasteiger charge is -2.07. The van der Waals surface area contributed by atoms with E-state index in [0.29, 0.717) is 18.2 Å². The van der Waals surface area contributed by atoms with E-state index in [4.69, 9.17) is 21.5 Å². The number of fused-ring (bicyclic) bond motifs is 1. The van der Waals surface area contributed by atoms with Gasteiger partial charge in [-0.3, -0.25) is 0 Å². The number of hydrogen-bond acceptors (Lipinski definition) is 3. The molecule has 0 atom stereocenters. The average Bonchev–Trinajstić information content (AvgIpc) is 2.58. The average molecular weight is 200 g/mol. The van der Waals surface area contributed by atoms with Gasteiger partial charge in [-0.2, -0.15) is 0 Å². The van der Waals surface area contributed by atoms with Crippen LogP contribution in [0.3, 0.4) is 0 Å². The molecular weight excluding hydrogens is 190 g/mol. The highest BCUT2D eigenvalue weighted by Gasteiger charge is 2.17. The molecule has 13 heavy (non-hydrogen) atoms. The van der Waals surface area contributed by atoms with Gasteiger partial charge in [0.25, 0.3) is 0 Å². The first-order valence-corrected chi connectivity index (χ1v) is 4.50. The molecule has 2 rings (SSSR count). The predicted molar refractivity (Wildman–Crippen MR) is 49.3 cm³/mol. The lowest BCUT2D eigenvalue weighted by molar-refractivity contribution is 0.161. The molecule has 0 aliphatic carbocycles. The molecule has 0 radical (unpaired) electrons. The molecule has 0 unspecified atom stereocenters. The maximum atomic E-state index is 8.63. The smallest absolute Gasteiger partial charge is 0.123 e. The molecule has 3 nitrogen and oxygen atoms in total. The highest BCUT2D eigenvalue weighted by molar-refractivity contribution is 6.31. The normalized spacial score (nSPS) is 14.0. The van der Waals surface area contributed by atoms with E-state index >= 15 is 0 Å². The van der Waals surface area contributed by atoms with E-state index in [9.17, 15) is 0 Å². The third-order valence-electron chi connectivity index (χ3n) is 2.20. The lowest BCUT2D eigenvalue weighted by Crippen LogP contribution is -2.08. The van der Waals surface area contributed by atoms with E-state index < -0.39 is 0 Å². The van der Waals surface area contributed by atoms with Gasteiger partial charge in [-0.25, -0.2) is 5.48 Å². The molecule has 0 spiro atoms. The summed E-state index contributed by atoms with van der Waals surface area (Å²) >= 11 is 5.98. The van der Waals surface area contributed by atoms with Crippen LogP contribution in [0.1, 0.15) is 11.1 Å². The predicted octanol–water partition coefficient (Wildman–Crippen LogP) is 1.75. The zero-order chi connectivity index (χ0) is 9.26. The molecule has 0 bridgehead atoms. The second kappa shape index (κ2) is 3.54. The number of hydrogen-bond donors (Lipinski definition) is 2. The van der Waals surface area contributed by atoms with E-state index in [2.05, 4.69) is 5.48 Å². The molecule has 1 aliphatic rings. The molecule has 4 heteroatoms. The van der Waals surface area contributed by atoms with Crippen molar-refractivity contribution in [2.24, 2.45) is 0 Å². The molecule has 1 heterocycles. The number of hydroxylamine groups is 1. The number of nitrogens with one attached hydrogen (secondary N) is 1. The Labute approximate surface area is 81.2 Å². The van der Waals surface area contributed by atoms with Crippen molar-refractivity contribution in [1.82, 2.24) is 5.48 Å². The molecular formula is C9H10ClNO2. The summed E-state index contributed by atoms with van der Waals surface area (Å²) in [6, 6.07) is 3.66. The zero-order valence-corrected chi connectivity index (χ0v) is 7.77. The van der Waals surface area contributed by atoms with Crippen LogP contribution >= 0.6 is 11.6 Å². The highest BCUT2D eigenvalue weighted by atomic mass is 35.5. The number of benzene rings is 1. The van der Waals surface area contributed by atoms with Crippen molar-refractivity contribution in [3.05, 3.63) is 28.3 Å². The summed E-state index contributed by atoms with van der Waals surface area (Å²) in [5.41, 5.74) is 4.15. The Kier molecular flexibility index (Phi) is 2.40. The van der Waals surface area contributed by atoms with Gasteiger partial charge in [0.2, 0.25) is 0 Å². The summed E-state index contributed by atoms with van der Waals surface area (Å²) in [6.45, 7) is 1.07. The van der Waals surface area contributed by atoms with Crippen molar-refractivity contribution in [3.8, 4) is 5.75 Å². The van der Waals surface area contributed by atoms with Gasteiger partial charge in [0.15, 0.2) is 0 Å². The van der Waals surface area contributed by atoms with E-state index in [1.165, 1.54) is 0 Å². The van der Waals surface area contributed by atoms with Gasteiger partial charge in [0.1, 0.15) is 5.75 Å². The fourth-order valence-electron chi connectivity index (χ4n) is 1.59. The van der Waals surface area contributed by atoms with Gasteiger partial charge in [-0.15, -0.1) is 0 Å². The third-order valence-corrected chi connectivity index (χ3v) is 2.55. The minimum absolute atomic E-state index is 0.366. The summed E-state index contributed by atoms with van der Waals surface area (Å²) in [7, 11) is 0. The summed E-state index contributed by atoms with van der Waals surface area (Å²) in [5.74, 6) is 0.884. The molecule has 70 valence electrons. The Morgan fingerprint density at radius 2 is 2.38 bits per heavy atom. The molecule has 1 aromatic rings. The van der Waals surface area contributed by atoms with Crippen LogP contribution in [0.15, 0.2) is 12.1 Å². The molecule has 1 aliphatic heterocycles. The lowest BCUT2D eigenvalue weighted by atomic mass is 10.1. The third kappa shape index (κ3) is 1.50. The molecule has 0 amide bonds.